The monoisotopic (exact) mass is 332 g/mol. The van der Waals surface area contributed by atoms with Crippen molar-refractivity contribution >= 4 is 17.6 Å². The summed E-state index contributed by atoms with van der Waals surface area (Å²) in [7, 11) is 0. The van der Waals surface area contributed by atoms with Crippen LogP contribution in [0.4, 0.5) is 0 Å². The van der Waals surface area contributed by atoms with Crippen LogP contribution in [0.25, 0.3) is 0 Å². The summed E-state index contributed by atoms with van der Waals surface area (Å²) in [4.78, 5) is 34.5. The van der Waals surface area contributed by atoms with Crippen LogP contribution in [0.5, 0.6) is 0 Å². The number of primary amides is 1. The zero-order valence-corrected chi connectivity index (χ0v) is 14.0. The number of nitrogens with two attached hydrogens (primary N) is 1. The van der Waals surface area contributed by atoms with Gasteiger partial charge in [0.2, 0.25) is 17.6 Å². The Bertz CT molecular complexity index is 615. The van der Waals surface area contributed by atoms with E-state index in [-0.39, 0.29) is 18.5 Å². The minimum Gasteiger partial charge on any atom is -0.382 e. The van der Waals surface area contributed by atoms with Gasteiger partial charge in [-0.3, -0.25) is 14.4 Å². The summed E-state index contributed by atoms with van der Waals surface area (Å²) in [5.74, 6) is -0.908. The van der Waals surface area contributed by atoms with Gasteiger partial charge in [0, 0.05) is 12.5 Å². The average Bonchev–Trinajstić information content (AvgIpc) is 2.49. The lowest BCUT2D eigenvalue weighted by molar-refractivity contribution is -0.119. The summed E-state index contributed by atoms with van der Waals surface area (Å²) in [6.07, 6.45) is 11.2. The van der Waals surface area contributed by atoms with Gasteiger partial charge in [0.15, 0.2) is 0 Å². The van der Waals surface area contributed by atoms with Crippen LogP contribution in [0.15, 0.2) is 48.2 Å². The Kier molecular flexibility index (Phi) is 7.32. The number of amides is 2. The van der Waals surface area contributed by atoms with Gasteiger partial charge in [-0.05, 0) is 37.0 Å². The van der Waals surface area contributed by atoms with Gasteiger partial charge in [-0.1, -0.05) is 32.1 Å². The Balaban J connectivity index is 2.67. The van der Waals surface area contributed by atoms with Crippen molar-refractivity contribution in [2.45, 2.75) is 38.7 Å². The molecule has 6 nitrogen and oxygen atoms in total. The molecule has 0 aromatic heterocycles. The predicted molar refractivity (Wildman–Crippen MR) is 91.5 cm³/mol. The largest absolute Gasteiger partial charge is 0.382 e. The maximum Gasteiger partial charge on any atom is 0.248 e. The molecule has 1 aliphatic rings. The highest BCUT2D eigenvalue weighted by Crippen LogP contribution is 2.22. The molecule has 0 saturated carbocycles. The zero-order chi connectivity index (χ0) is 18.2. The third-order valence-corrected chi connectivity index (χ3v) is 3.32. The van der Waals surface area contributed by atoms with Crippen molar-refractivity contribution in [3.8, 4) is 0 Å². The number of hydrogen-bond donors (Lipinski definition) is 3. The molecule has 6 heteroatoms. The van der Waals surface area contributed by atoms with Gasteiger partial charge in [-0.2, -0.15) is 0 Å². The van der Waals surface area contributed by atoms with Gasteiger partial charge in [0.05, 0.1) is 5.70 Å². The van der Waals surface area contributed by atoms with Gasteiger partial charge < -0.3 is 16.2 Å². The molecule has 0 radical (unpaired) electrons. The number of ketones is 1. The molecule has 0 aromatic carbocycles. The van der Waals surface area contributed by atoms with E-state index < -0.39 is 23.2 Å². The van der Waals surface area contributed by atoms with Crippen molar-refractivity contribution in [3.05, 3.63) is 48.2 Å². The third-order valence-electron chi connectivity index (χ3n) is 3.32. The fourth-order valence-electron chi connectivity index (χ4n) is 2.00. The lowest BCUT2D eigenvalue weighted by Gasteiger charge is -2.24. The minimum atomic E-state index is -1.48. The lowest BCUT2D eigenvalue weighted by Crippen LogP contribution is -2.35. The van der Waals surface area contributed by atoms with E-state index in [0.717, 1.165) is 6.42 Å². The SMILES string of the molecule is CC(C)C/C=C/C=C/C(=O)NC1=CC(O)(CCC(N)=O)C=CC1=O. The van der Waals surface area contributed by atoms with E-state index in [9.17, 15) is 19.5 Å². The first-order valence-electron chi connectivity index (χ1n) is 7.83. The fourth-order valence-corrected chi connectivity index (χ4v) is 2.00. The quantitative estimate of drug-likeness (QED) is 0.459. The number of rotatable bonds is 8. The molecule has 1 aliphatic carbocycles. The van der Waals surface area contributed by atoms with E-state index in [1.807, 2.05) is 6.08 Å². The van der Waals surface area contributed by atoms with Crippen LogP contribution >= 0.6 is 0 Å². The Hall–Kier alpha value is -2.47. The van der Waals surface area contributed by atoms with Gasteiger partial charge >= 0.3 is 0 Å². The summed E-state index contributed by atoms with van der Waals surface area (Å²) in [5.41, 5.74) is 3.56. The molecule has 4 N–H and O–H groups in total. The number of allylic oxidation sites excluding steroid dienone is 4. The van der Waals surface area contributed by atoms with E-state index >= 15 is 0 Å². The summed E-state index contributed by atoms with van der Waals surface area (Å²) in [5, 5.41) is 12.8. The summed E-state index contributed by atoms with van der Waals surface area (Å²) in [6.45, 7) is 4.18. The molecule has 24 heavy (non-hydrogen) atoms. The number of aliphatic hydroxyl groups is 1. The summed E-state index contributed by atoms with van der Waals surface area (Å²) < 4.78 is 0. The van der Waals surface area contributed by atoms with Crippen molar-refractivity contribution < 1.29 is 19.5 Å². The number of carbonyl (C=O) groups is 3. The van der Waals surface area contributed by atoms with Gasteiger partial charge in [0.1, 0.15) is 5.60 Å². The van der Waals surface area contributed by atoms with E-state index in [0.29, 0.717) is 5.92 Å². The first-order chi connectivity index (χ1) is 11.2. The smallest absolute Gasteiger partial charge is 0.248 e. The molecule has 0 aliphatic heterocycles. The molecule has 0 fully saturated rings. The lowest BCUT2D eigenvalue weighted by atomic mass is 9.90. The van der Waals surface area contributed by atoms with Crippen LogP contribution < -0.4 is 11.1 Å². The molecule has 0 heterocycles. The second kappa shape index (κ2) is 8.98. The molecule has 0 spiro atoms. The van der Waals surface area contributed by atoms with Crippen molar-refractivity contribution in [1.29, 1.82) is 0 Å². The fraction of sp³-hybridized carbons (Fsp3) is 0.389. The van der Waals surface area contributed by atoms with Crippen LogP contribution in [0.2, 0.25) is 0 Å². The molecular weight excluding hydrogens is 308 g/mol. The van der Waals surface area contributed by atoms with Crippen LogP contribution in [0.3, 0.4) is 0 Å². The van der Waals surface area contributed by atoms with Gasteiger partial charge in [-0.25, -0.2) is 0 Å². The van der Waals surface area contributed by atoms with Gasteiger partial charge in [0.25, 0.3) is 0 Å². The van der Waals surface area contributed by atoms with Crippen LogP contribution in [-0.4, -0.2) is 28.3 Å². The summed E-state index contributed by atoms with van der Waals surface area (Å²) in [6, 6.07) is 0. The van der Waals surface area contributed by atoms with Crippen molar-refractivity contribution in [2.24, 2.45) is 11.7 Å². The van der Waals surface area contributed by atoms with E-state index in [4.69, 9.17) is 5.73 Å². The molecule has 0 aromatic rings. The highest BCUT2D eigenvalue weighted by molar-refractivity contribution is 6.08. The minimum absolute atomic E-state index is 0.0229. The average molecular weight is 332 g/mol. The zero-order valence-electron chi connectivity index (χ0n) is 14.0. The molecule has 2 amide bonds. The predicted octanol–water partition coefficient (Wildman–Crippen LogP) is 1.28. The Labute approximate surface area is 141 Å². The van der Waals surface area contributed by atoms with E-state index in [1.165, 1.54) is 24.3 Å². The van der Waals surface area contributed by atoms with Crippen molar-refractivity contribution in [1.82, 2.24) is 5.32 Å². The molecule has 0 saturated heterocycles. The molecular formula is C18H24N2O4. The van der Waals surface area contributed by atoms with Crippen LogP contribution in [0.1, 0.15) is 33.1 Å². The molecule has 1 atom stereocenters. The molecule has 1 rings (SSSR count). The summed E-state index contributed by atoms with van der Waals surface area (Å²) >= 11 is 0. The second-order valence-electron chi connectivity index (χ2n) is 6.12. The topological polar surface area (TPSA) is 109 Å². The van der Waals surface area contributed by atoms with E-state index in [2.05, 4.69) is 19.2 Å². The Morgan fingerprint density at radius 2 is 2.08 bits per heavy atom. The first-order valence-corrected chi connectivity index (χ1v) is 7.83. The normalized spacial score (nSPS) is 20.8. The van der Waals surface area contributed by atoms with Crippen molar-refractivity contribution in [2.75, 3.05) is 0 Å². The maximum atomic E-state index is 11.8. The standard InChI is InChI=1S/C18H24N2O4/c1-13(2)6-4-3-5-7-17(23)20-14-12-18(24,10-8-15(14)21)11-9-16(19)22/h3-5,7-8,10,12-13,24H,6,9,11H2,1-2H3,(H2,19,22)(H,20,23)/b4-3+,7-5+. The number of hydrogen-bond acceptors (Lipinski definition) is 4. The first kappa shape index (κ1) is 19.6. The maximum absolute atomic E-state index is 11.8. The Morgan fingerprint density at radius 3 is 2.71 bits per heavy atom. The number of carbonyl (C=O) groups excluding carboxylic acids is 3. The Morgan fingerprint density at radius 1 is 1.38 bits per heavy atom. The van der Waals surface area contributed by atoms with E-state index in [1.54, 1.807) is 12.2 Å². The highest BCUT2D eigenvalue weighted by atomic mass is 16.3. The highest BCUT2D eigenvalue weighted by Gasteiger charge is 2.28. The van der Waals surface area contributed by atoms with Crippen molar-refractivity contribution in [3.63, 3.8) is 0 Å². The van der Waals surface area contributed by atoms with Crippen LogP contribution in [-0.2, 0) is 14.4 Å². The molecule has 1 unspecified atom stereocenters. The molecule has 0 bridgehead atoms. The number of nitrogens with one attached hydrogen (secondary N) is 1. The molecule has 130 valence electrons. The second-order valence-corrected chi connectivity index (χ2v) is 6.12. The third kappa shape index (κ3) is 7.19. The van der Waals surface area contributed by atoms with Gasteiger partial charge in [-0.15, -0.1) is 0 Å². The van der Waals surface area contributed by atoms with Crippen LogP contribution in [0, 0.1) is 5.92 Å².